The van der Waals surface area contributed by atoms with Gasteiger partial charge in [0.2, 0.25) is 11.8 Å². The van der Waals surface area contributed by atoms with E-state index in [0.717, 1.165) is 0 Å². The van der Waals surface area contributed by atoms with Crippen molar-refractivity contribution in [1.82, 2.24) is 20.2 Å². The molecule has 2 amide bonds. The molecule has 0 unspecified atom stereocenters. The SMILES string of the molecule is C#CCCC1(CCC(=O)NCc2nccnc2N2CCN(C)C(=O)C2)N=N1. The van der Waals surface area contributed by atoms with Crippen LogP contribution >= 0.6 is 0 Å². The van der Waals surface area contributed by atoms with E-state index in [-0.39, 0.29) is 24.9 Å². The van der Waals surface area contributed by atoms with E-state index in [9.17, 15) is 9.59 Å². The van der Waals surface area contributed by atoms with E-state index in [4.69, 9.17) is 6.42 Å². The summed E-state index contributed by atoms with van der Waals surface area (Å²) in [6.45, 7) is 1.83. The van der Waals surface area contributed by atoms with Crippen LogP contribution in [0.4, 0.5) is 5.82 Å². The number of anilines is 1. The molecule has 1 N–H and O–H groups in total. The van der Waals surface area contributed by atoms with Crippen LogP contribution < -0.4 is 10.2 Å². The number of nitrogens with one attached hydrogen (secondary N) is 1. The lowest BCUT2D eigenvalue weighted by Gasteiger charge is -2.33. The smallest absolute Gasteiger partial charge is 0.241 e. The zero-order valence-electron chi connectivity index (χ0n) is 15.4. The van der Waals surface area contributed by atoms with Crippen LogP contribution in [-0.4, -0.2) is 59.0 Å². The topological polar surface area (TPSA) is 103 Å². The Morgan fingerprint density at radius 3 is 2.78 bits per heavy atom. The van der Waals surface area contributed by atoms with Crippen molar-refractivity contribution in [2.24, 2.45) is 10.2 Å². The fraction of sp³-hybridized carbons (Fsp3) is 0.556. The lowest BCUT2D eigenvalue weighted by molar-refractivity contribution is -0.129. The van der Waals surface area contributed by atoms with Crippen molar-refractivity contribution in [1.29, 1.82) is 0 Å². The molecule has 0 spiro atoms. The fourth-order valence-corrected chi connectivity index (χ4v) is 2.94. The minimum absolute atomic E-state index is 0.0380. The number of nitrogens with zero attached hydrogens (tertiary/aromatic N) is 6. The Bertz CT molecular complexity index is 780. The van der Waals surface area contributed by atoms with E-state index in [1.807, 2.05) is 4.90 Å². The zero-order valence-corrected chi connectivity index (χ0v) is 15.4. The van der Waals surface area contributed by atoms with E-state index >= 15 is 0 Å². The standard InChI is InChI=1S/C18H23N7O2/c1-3-4-6-18(22-23-18)7-5-15(26)21-12-14-17(20-9-8-19-14)25-11-10-24(2)16(27)13-25/h1,8-9H,4-7,10-13H2,2H3,(H,21,26). The van der Waals surface area contributed by atoms with E-state index in [0.29, 0.717) is 50.3 Å². The number of hydrogen-bond acceptors (Lipinski definition) is 7. The van der Waals surface area contributed by atoms with E-state index < -0.39 is 5.66 Å². The number of aromatic nitrogens is 2. The molecule has 1 fully saturated rings. The number of rotatable bonds is 8. The molecule has 0 aliphatic carbocycles. The van der Waals surface area contributed by atoms with Crippen LogP contribution in [0.5, 0.6) is 0 Å². The van der Waals surface area contributed by atoms with E-state index in [1.165, 1.54) is 0 Å². The van der Waals surface area contributed by atoms with Crippen molar-refractivity contribution in [2.45, 2.75) is 37.9 Å². The van der Waals surface area contributed by atoms with Crippen molar-refractivity contribution in [3.8, 4) is 12.3 Å². The van der Waals surface area contributed by atoms with Crippen molar-refractivity contribution in [3.05, 3.63) is 18.1 Å². The molecule has 0 bridgehead atoms. The monoisotopic (exact) mass is 369 g/mol. The second-order valence-electron chi connectivity index (χ2n) is 6.73. The Morgan fingerprint density at radius 2 is 2.07 bits per heavy atom. The summed E-state index contributed by atoms with van der Waals surface area (Å²) in [4.78, 5) is 36.4. The lowest BCUT2D eigenvalue weighted by Crippen LogP contribution is -2.49. The molecular weight excluding hydrogens is 346 g/mol. The molecule has 9 nitrogen and oxygen atoms in total. The summed E-state index contributed by atoms with van der Waals surface area (Å²) in [6, 6.07) is 0. The highest BCUT2D eigenvalue weighted by atomic mass is 16.2. The highest BCUT2D eigenvalue weighted by molar-refractivity contribution is 5.82. The van der Waals surface area contributed by atoms with Crippen LogP contribution in [0.1, 0.15) is 31.4 Å². The van der Waals surface area contributed by atoms with Gasteiger partial charge in [0.25, 0.3) is 0 Å². The molecule has 3 rings (SSSR count). The number of amides is 2. The van der Waals surface area contributed by atoms with Gasteiger partial charge in [-0.05, 0) is 0 Å². The number of hydrogen-bond donors (Lipinski definition) is 1. The molecule has 0 saturated carbocycles. The van der Waals surface area contributed by atoms with Gasteiger partial charge in [0, 0.05) is 58.2 Å². The lowest BCUT2D eigenvalue weighted by atomic mass is 10.0. The van der Waals surface area contributed by atoms with Gasteiger partial charge in [0.1, 0.15) is 5.69 Å². The molecule has 9 heteroatoms. The maximum Gasteiger partial charge on any atom is 0.241 e. The Hall–Kier alpha value is -3.02. The van der Waals surface area contributed by atoms with Crippen LogP contribution in [0.25, 0.3) is 0 Å². The quantitative estimate of drug-likeness (QED) is 0.681. The highest BCUT2D eigenvalue weighted by Gasteiger charge is 2.39. The molecule has 142 valence electrons. The van der Waals surface area contributed by atoms with Gasteiger partial charge >= 0.3 is 0 Å². The summed E-state index contributed by atoms with van der Waals surface area (Å²) in [5.74, 6) is 3.15. The third kappa shape index (κ3) is 4.78. The molecule has 1 aromatic heterocycles. The van der Waals surface area contributed by atoms with Gasteiger partial charge in [-0.25, -0.2) is 4.98 Å². The molecule has 1 saturated heterocycles. The van der Waals surface area contributed by atoms with E-state index in [1.54, 1.807) is 24.3 Å². The van der Waals surface area contributed by atoms with Crippen LogP contribution in [-0.2, 0) is 16.1 Å². The summed E-state index contributed by atoms with van der Waals surface area (Å²) in [7, 11) is 1.78. The summed E-state index contributed by atoms with van der Waals surface area (Å²) in [5, 5.41) is 10.9. The van der Waals surface area contributed by atoms with Gasteiger partial charge in [-0.15, -0.1) is 12.3 Å². The van der Waals surface area contributed by atoms with Crippen molar-refractivity contribution in [3.63, 3.8) is 0 Å². The molecule has 3 heterocycles. The molecule has 1 aromatic rings. The molecule has 2 aliphatic rings. The molecule has 2 aliphatic heterocycles. The molecule has 0 radical (unpaired) electrons. The molecule has 0 atom stereocenters. The van der Waals surface area contributed by atoms with Gasteiger partial charge < -0.3 is 15.1 Å². The van der Waals surface area contributed by atoms with Crippen LogP contribution in [0.15, 0.2) is 22.6 Å². The van der Waals surface area contributed by atoms with Gasteiger partial charge in [-0.3, -0.25) is 14.6 Å². The minimum Gasteiger partial charge on any atom is -0.350 e. The van der Waals surface area contributed by atoms with Gasteiger partial charge in [0.15, 0.2) is 11.5 Å². The summed E-state index contributed by atoms with van der Waals surface area (Å²) in [6.07, 6.45) is 10.6. The summed E-state index contributed by atoms with van der Waals surface area (Å²) < 4.78 is 0. The Balaban J connectivity index is 1.52. The minimum atomic E-state index is -0.457. The summed E-state index contributed by atoms with van der Waals surface area (Å²) >= 11 is 0. The van der Waals surface area contributed by atoms with E-state index in [2.05, 4.69) is 31.4 Å². The van der Waals surface area contributed by atoms with Crippen LogP contribution in [0.3, 0.4) is 0 Å². The van der Waals surface area contributed by atoms with Crippen LogP contribution in [0.2, 0.25) is 0 Å². The number of carbonyl (C=O) groups is 2. The second kappa shape index (κ2) is 8.12. The third-order valence-corrected chi connectivity index (χ3v) is 4.77. The predicted molar refractivity (Wildman–Crippen MR) is 98.6 cm³/mol. The maximum atomic E-state index is 12.2. The van der Waals surface area contributed by atoms with Crippen molar-refractivity contribution >= 4 is 17.6 Å². The Morgan fingerprint density at radius 1 is 1.30 bits per heavy atom. The van der Waals surface area contributed by atoms with Gasteiger partial charge in [0.05, 0.1) is 13.1 Å². The summed E-state index contributed by atoms with van der Waals surface area (Å²) in [5.41, 5.74) is 0.188. The van der Waals surface area contributed by atoms with Crippen molar-refractivity contribution < 1.29 is 9.59 Å². The molecule has 27 heavy (non-hydrogen) atoms. The first-order valence-electron chi connectivity index (χ1n) is 8.96. The average molecular weight is 369 g/mol. The Labute approximate surface area is 158 Å². The van der Waals surface area contributed by atoms with Crippen molar-refractivity contribution in [2.75, 3.05) is 31.6 Å². The molecular formula is C18H23N7O2. The first-order chi connectivity index (χ1) is 13.0. The largest absolute Gasteiger partial charge is 0.350 e. The second-order valence-corrected chi connectivity index (χ2v) is 6.73. The Kier molecular flexibility index (Phi) is 5.64. The maximum absolute atomic E-state index is 12.2. The zero-order chi connectivity index (χ0) is 19.3. The number of piperazine rings is 1. The average Bonchev–Trinajstić information content (AvgIpc) is 3.46. The first kappa shape index (κ1) is 18.8. The fourth-order valence-electron chi connectivity index (χ4n) is 2.94. The third-order valence-electron chi connectivity index (χ3n) is 4.77. The van der Waals surface area contributed by atoms with Crippen LogP contribution in [0, 0.1) is 12.3 Å². The van der Waals surface area contributed by atoms with Gasteiger partial charge in [-0.2, -0.15) is 10.2 Å². The number of terminal acetylenes is 1. The predicted octanol–water partition coefficient (Wildman–Crippen LogP) is 0.727. The highest BCUT2D eigenvalue weighted by Crippen LogP contribution is 2.37. The normalized spacial score (nSPS) is 17.6. The first-order valence-corrected chi connectivity index (χ1v) is 8.96. The molecule has 0 aromatic carbocycles. The number of carbonyl (C=O) groups excluding carboxylic acids is 2. The van der Waals surface area contributed by atoms with Gasteiger partial charge in [-0.1, -0.05) is 0 Å². The number of likely N-dealkylation sites (N-methyl/N-ethyl adjacent to an activating group) is 1.